The Morgan fingerprint density at radius 1 is 1.24 bits per heavy atom. The van der Waals surface area contributed by atoms with Gasteiger partial charge in [0, 0.05) is 23.7 Å². The van der Waals surface area contributed by atoms with Crippen molar-refractivity contribution in [2.24, 2.45) is 0 Å². The molecule has 0 saturated heterocycles. The molecule has 0 radical (unpaired) electrons. The highest BCUT2D eigenvalue weighted by molar-refractivity contribution is 5.89. The van der Waals surface area contributed by atoms with Crippen molar-refractivity contribution in [3.05, 3.63) is 65.7 Å². The van der Waals surface area contributed by atoms with E-state index in [2.05, 4.69) is 31.6 Å². The van der Waals surface area contributed by atoms with Gasteiger partial charge in [-0.15, -0.1) is 0 Å². The molecular weight excluding hydrogens is 368 g/mol. The Hall–Kier alpha value is -3.55. The lowest BCUT2D eigenvalue weighted by Crippen LogP contribution is -2.24. The van der Waals surface area contributed by atoms with E-state index >= 15 is 0 Å². The molecule has 8 heteroatoms. The van der Waals surface area contributed by atoms with Crippen LogP contribution in [-0.2, 0) is 12.0 Å². The van der Waals surface area contributed by atoms with E-state index in [9.17, 15) is 4.79 Å². The lowest BCUT2D eigenvalue weighted by Gasteiger charge is -2.11. The molecule has 4 aromatic rings. The van der Waals surface area contributed by atoms with Crippen molar-refractivity contribution < 1.29 is 9.32 Å². The molecule has 0 saturated carbocycles. The smallest absolute Gasteiger partial charge is 0.315 e. The summed E-state index contributed by atoms with van der Waals surface area (Å²) in [5, 5.41) is 10.9. The van der Waals surface area contributed by atoms with Gasteiger partial charge in [-0.1, -0.05) is 38.1 Å². The lowest BCUT2D eigenvalue weighted by atomic mass is 9.96. The van der Waals surface area contributed by atoms with Gasteiger partial charge in [0.25, 0.3) is 0 Å². The van der Waals surface area contributed by atoms with Crippen LogP contribution in [0.4, 0.5) is 0 Å². The molecule has 0 atom stereocenters. The number of carbonyl (C=O) groups excluding carboxylic acids is 1. The quantitative estimate of drug-likeness (QED) is 0.574. The fourth-order valence-electron chi connectivity index (χ4n) is 3.00. The first-order valence-corrected chi connectivity index (χ1v) is 9.33. The second-order valence-electron chi connectivity index (χ2n) is 7.94. The molecule has 0 unspecified atom stereocenters. The van der Waals surface area contributed by atoms with Crippen molar-refractivity contribution in [2.75, 3.05) is 0 Å². The molecule has 1 amide bonds. The number of amides is 1. The Balaban J connectivity index is 1.50. The van der Waals surface area contributed by atoms with Crippen molar-refractivity contribution in [2.45, 2.75) is 39.7 Å². The summed E-state index contributed by atoms with van der Waals surface area (Å²) in [5.41, 5.74) is 4.57. The van der Waals surface area contributed by atoms with Gasteiger partial charge >= 0.3 is 11.8 Å². The lowest BCUT2D eigenvalue weighted by molar-refractivity contribution is 0.0907. The SMILES string of the molecule is Cc1cc(-c2ncnn3cccc23)ccc1CNC(=O)c1nc(C(C)(C)C)no1. The Kier molecular flexibility index (Phi) is 4.62. The van der Waals surface area contributed by atoms with Crippen LogP contribution in [0.3, 0.4) is 0 Å². The van der Waals surface area contributed by atoms with Gasteiger partial charge in [-0.05, 0) is 36.2 Å². The molecule has 3 heterocycles. The molecule has 1 N–H and O–H groups in total. The van der Waals surface area contributed by atoms with Crippen molar-refractivity contribution in [1.29, 1.82) is 0 Å². The van der Waals surface area contributed by atoms with Crippen molar-refractivity contribution in [3.63, 3.8) is 0 Å². The number of carbonyl (C=O) groups is 1. The summed E-state index contributed by atoms with van der Waals surface area (Å²) in [6.07, 6.45) is 3.43. The summed E-state index contributed by atoms with van der Waals surface area (Å²) in [6.45, 7) is 8.26. The summed E-state index contributed by atoms with van der Waals surface area (Å²) in [7, 11) is 0. The van der Waals surface area contributed by atoms with Gasteiger partial charge < -0.3 is 9.84 Å². The Morgan fingerprint density at radius 2 is 2.07 bits per heavy atom. The van der Waals surface area contributed by atoms with Gasteiger partial charge in [0.2, 0.25) is 0 Å². The van der Waals surface area contributed by atoms with Gasteiger partial charge in [-0.2, -0.15) is 10.1 Å². The third-order valence-electron chi connectivity index (χ3n) is 4.68. The fourth-order valence-corrected chi connectivity index (χ4v) is 3.00. The maximum Gasteiger partial charge on any atom is 0.315 e. The summed E-state index contributed by atoms with van der Waals surface area (Å²) >= 11 is 0. The highest BCUT2D eigenvalue weighted by Crippen LogP contribution is 2.24. The molecule has 0 bridgehead atoms. The maximum atomic E-state index is 12.3. The van der Waals surface area contributed by atoms with E-state index in [4.69, 9.17) is 4.52 Å². The molecule has 29 heavy (non-hydrogen) atoms. The number of hydrogen-bond donors (Lipinski definition) is 1. The normalized spacial score (nSPS) is 11.7. The van der Waals surface area contributed by atoms with Crippen LogP contribution in [0.5, 0.6) is 0 Å². The number of fused-ring (bicyclic) bond motifs is 1. The van der Waals surface area contributed by atoms with Crippen molar-refractivity contribution >= 4 is 11.4 Å². The van der Waals surface area contributed by atoms with Crippen LogP contribution in [0.15, 0.2) is 47.4 Å². The summed E-state index contributed by atoms with van der Waals surface area (Å²) in [4.78, 5) is 21.0. The van der Waals surface area contributed by atoms with E-state index in [1.54, 1.807) is 10.8 Å². The van der Waals surface area contributed by atoms with Gasteiger partial charge in [0.05, 0.1) is 11.2 Å². The second kappa shape index (κ2) is 7.12. The topological polar surface area (TPSA) is 98.2 Å². The fraction of sp³-hybridized carbons (Fsp3) is 0.286. The molecule has 0 fully saturated rings. The predicted octanol–water partition coefficient (Wildman–Crippen LogP) is 3.32. The van der Waals surface area contributed by atoms with E-state index in [0.717, 1.165) is 27.9 Å². The third kappa shape index (κ3) is 3.73. The van der Waals surface area contributed by atoms with E-state index in [1.807, 2.05) is 58.2 Å². The minimum atomic E-state index is -0.387. The van der Waals surface area contributed by atoms with Crippen LogP contribution in [0.25, 0.3) is 16.8 Å². The molecule has 0 spiro atoms. The number of aromatic nitrogens is 5. The van der Waals surface area contributed by atoms with E-state index < -0.39 is 0 Å². The highest BCUT2D eigenvalue weighted by Gasteiger charge is 2.23. The van der Waals surface area contributed by atoms with Crippen LogP contribution in [0, 0.1) is 6.92 Å². The number of nitrogens with zero attached hydrogens (tertiary/aromatic N) is 5. The molecule has 1 aromatic carbocycles. The van der Waals surface area contributed by atoms with Gasteiger partial charge in [-0.3, -0.25) is 4.79 Å². The second-order valence-corrected chi connectivity index (χ2v) is 7.94. The number of aryl methyl sites for hydroxylation is 1. The first-order valence-electron chi connectivity index (χ1n) is 9.33. The average molecular weight is 390 g/mol. The van der Waals surface area contributed by atoms with Gasteiger partial charge in [0.15, 0.2) is 5.82 Å². The number of nitrogens with one attached hydrogen (secondary N) is 1. The Bertz CT molecular complexity index is 1190. The number of benzene rings is 1. The highest BCUT2D eigenvalue weighted by atomic mass is 16.5. The first kappa shape index (κ1) is 18.8. The van der Waals surface area contributed by atoms with Crippen LogP contribution < -0.4 is 5.32 Å². The number of hydrogen-bond acceptors (Lipinski definition) is 6. The van der Waals surface area contributed by atoms with Gasteiger partial charge in [0.1, 0.15) is 6.33 Å². The molecular formula is C21H22N6O2. The largest absolute Gasteiger partial charge is 0.344 e. The summed E-state index contributed by atoms with van der Waals surface area (Å²) in [5.74, 6) is 0.0905. The Morgan fingerprint density at radius 3 is 2.79 bits per heavy atom. The molecule has 3 aromatic heterocycles. The summed E-state index contributed by atoms with van der Waals surface area (Å²) in [6, 6.07) is 9.96. The third-order valence-corrected chi connectivity index (χ3v) is 4.68. The van der Waals surface area contributed by atoms with Crippen LogP contribution in [0.1, 0.15) is 48.4 Å². The minimum Gasteiger partial charge on any atom is -0.344 e. The van der Waals surface area contributed by atoms with Crippen LogP contribution in [0.2, 0.25) is 0 Å². The minimum absolute atomic E-state index is 0.0270. The predicted molar refractivity (Wildman–Crippen MR) is 107 cm³/mol. The van der Waals surface area contributed by atoms with E-state index in [0.29, 0.717) is 12.4 Å². The van der Waals surface area contributed by atoms with Crippen LogP contribution in [-0.4, -0.2) is 30.6 Å². The molecule has 8 nitrogen and oxygen atoms in total. The monoisotopic (exact) mass is 390 g/mol. The standard InChI is InChI=1S/C21H22N6O2/c1-13-10-14(17-16-6-5-9-27(16)24-12-23-17)7-8-15(13)11-22-18(28)19-25-20(26-29-19)21(2,3)4/h5-10,12H,11H2,1-4H3,(H,22,28). The van der Waals surface area contributed by atoms with Crippen molar-refractivity contribution in [3.8, 4) is 11.3 Å². The molecule has 0 aliphatic carbocycles. The number of rotatable bonds is 4. The van der Waals surface area contributed by atoms with Crippen molar-refractivity contribution in [1.82, 2.24) is 30.1 Å². The zero-order valence-corrected chi connectivity index (χ0v) is 16.8. The zero-order chi connectivity index (χ0) is 20.6. The maximum absolute atomic E-state index is 12.3. The van der Waals surface area contributed by atoms with Gasteiger partial charge in [-0.25, -0.2) is 9.50 Å². The average Bonchev–Trinajstić information content (AvgIpc) is 3.35. The molecule has 4 rings (SSSR count). The van der Waals surface area contributed by atoms with Crippen LogP contribution >= 0.6 is 0 Å². The zero-order valence-electron chi connectivity index (χ0n) is 16.8. The first-order chi connectivity index (χ1) is 13.8. The Labute approximate surface area is 168 Å². The molecule has 0 aliphatic rings. The molecule has 148 valence electrons. The van der Waals surface area contributed by atoms with E-state index in [1.165, 1.54) is 0 Å². The molecule has 0 aliphatic heterocycles. The van der Waals surface area contributed by atoms with E-state index in [-0.39, 0.29) is 17.2 Å². The summed E-state index contributed by atoms with van der Waals surface area (Å²) < 4.78 is 6.89.